The Morgan fingerprint density at radius 2 is 2.06 bits per heavy atom. The maximum Gasteiger partial charge on any atom is 0.125 e. The van der Waals surface area contributed by atoms with Crippen LogP contribution in [-0.2, 0) is 6.42 Å². The van der Waals surface area contributed by atoms with Crippen molar-refractivity contribution in [1.29, 1.82) is 0 Å². The van der Waals surface area contributed by atoms with E-state index in [2.05, 4.69) is 26.0 Å². The molecule has 2 nitrogen and oxygen atoms in total. The summed E-state index contributed by atoms with van der Waals surface area (Å²) in [6.07, 6.45) is 6.11. The van der Waals surface area contributed by atoms with E-state index in [1.807, 2.05) is 0 Å². The maximum atomic E-state index is 6.08. The number of hydrogen-bond donors (Lipinski definition) is 1. The second-order valence-corrected chi connectivity index (χ2v) is 5.57. The zero-order chi connectivity index (χ0) is 13.0. The first-order chi connectivity index (χ1) is 8.70. The Morgan fingerprint density at radius 1 is 1.28 bits per heavy atom. The molecule has 2 rings (SSSR count). The van der Waals surface area contributed by atoms with Crippen LogP contribution < -0.4 is 10.5 Å². The fraction of sp³-hybridized carbons (Fsp3) is 0.625. The highest BCUT2D eigenvalue weighted by Gasteiger charge is 2.19. The van der Waals surface area contributed by atoms with Crippen LogP contribution in [0.15, 0.2) is 12.1 Å². The molecular formula is C16H25NO. The summed E-state index contributed by atoms with van der Waals surface area (Å²) in [4.78, 5) is 0. The third-order valence-electron chi connectivity index (χ3n) is 3.83. The normalized spacial score (nSPS) is 15.5. The molecule has 0 spiro atoms. The molecule has 0 radical (unpaired) electrons. The lowest BCUT2D eigenvalue weighted by Gasteiger charge is -2.26. The number of ether oxygens (including phenoxy) is 1. The molecular weight excluding hydrogens is 222 g/mol. The Labute approximate surface area is 111 Å². The van der Waals surface area contributed by atoms with Crippen molar-refractivity contribution in [2.24, 2.45) is 11.7 Å². The largest absolute Gasteiger partial charge is 0.493 e. The van der Waals surface area contributed by atoms with Gasteiger partial charge in [-0.05, 0) is 63.1 Å². The Bertz CT molecular complexity index is 396. The van der Waals surface area contributed by atoms with Crippen LogP contribution in [0.25, 0.3) is 0 Å². The van der Waals surface area contributed by atoms with Crippen molar-refractivity contribution in [2.75, 3.05) is 13.2 Å². The number of nitrogens with two attached hydrogens (primary N) is 1. The van der Waals surface area contributed by atoms with E-state index < -0.39 is 0 Å². The van der Waals surface area contributed by atoms with E-state index in [0.29, 0.717) is 0 Å². The van der Waals surface area contributed by atoms with Gasteiger partial charge in [-0.3, -0.25) is 0 Å². The minimum absolute atomic E-state index is 0.745. The lowest BCUT2D eigenvalue weighted by molar-refractivity contribution is 0.178. The predicted molar refractivity (Wildman–Crippen MR) is 76.1 cm³/mol. The Hall–Kier alpha value is -1.02. The van der Waals surface area contributed by atoms with Gasteiger partial charge in [0.1, 0.15) is 5.75 Å². The van der Waals surface area contributed by atoms with Gasteiger partial charge in [0.05, 0.1) is 6.61 Å². The smallest absolute Gasteiger partial charge is 0.125 e. The van der Waals surface area contributed by atoms with Crippen LogP contribution in [0.4, 0.5) is 0 Å². The van der Waals surface area contributed by atoms with Crippen molar-refractivity contribution in [2.45, 2.75) is 46.0 Å². The van der Waals surface area contributed by atoms with Gasteiger partial charge in [0.2, 0.25) is 0 Å². The zero-order valence-corrected chi connectivity index (χ0v) is 11.7. The first-order valence-corrected chi connectivity index (χ1v) is 7.13. The van der Waals surface area contributed by atoms with Gasteiger partial charge >= 0.3 is 0 Å². The Morgan fingerprint density at radius 3 is 2.67 bits per heavy atom. The molecule has 18 heavy (non-hydrogen) atoms. The molecule has 1 aliphatic rings. The molecule has 1 aromatic rings. The summed E-state index contributed by atoms with van der Waals surface area (Å²) in [5.41, 5.74) is 9.53. The van der Waals surface area contributed by atoms with Crippen molar-refractivity contribution < 1.29 is 4.74 Å². The standard InChI is InChI=1S/C16H25NO/c1-12-9-13(2)16(15(10-12)7-4-8-17)18-11-14-5-3-6-14/h9-10,14H,3-8,11,17H2,1-2H3. The van der Waals surface area contributed by atoms with Crippen LogP contribution in [-0.4, -0.2) is 13.2 Å². The first kappa shape index (κ1) is 13.4. The summed E-state index contributed by atoms with van der Waals surface area (Å²) in [6, 6.07) is 4.46. The SMILES string of the molecule is Cc1cc(C)c(OCC2CCC2)c(CCCN)c1. The highest BCUT2D eigenvalue weighted by atomic mass is 16.5. The van der Waals surface area contributed by atoms with E-state index in [0.717, 1.165) is 37.7 Å². The molecule has 1 aromatic carbocycles. The fourth-order valence-electron chi connectivity index (χ4n) is 2.59. The molecule has 2 heteroatoms. The lowest BCUT2D eigenvalue weighted by atomic mass is 9.86. The van der Waals surface area contributed by atoms with Crippen LogP contribution in [0.1, 0.15) is 42.4 Å². The van der Waals surface area contributed by atoms with Crippen LogP contribution in [0, 0.1) is 19.8 Å². The number of aryl methyl sites for hydroxylation is 3. The molecule has 0 aromatic heterocycles. The number of rotatable bonds is 6. The molecule has 0 unspecified atom stereocenters. The molecule has 0 heterocycles. The van der Waals surface area contributed by atoms with Crippen molar-refractivity contribution in [3.05, 3.63) is 28.8 Å². The minimum atomic E-state index is 0.745. The van der Waals surface area contributed by atoms with Crippen LogP contribution in [0.3, 0.4) is 0 Å². The molecule has 1 fully saturated rings. The summed E-state index contributed by atoms with van der Waals surface area (Å²) in [6.45, 7) is 5.93. The average molecular weight is 247 g/mol. The second kappa shape index (κ2) is 6.24. The van der Waals surface area contributed by atoms with Crippen molar-refractivity contribution in [3.63, 3.8) is 0 Å². The molecule has 0 bridgehead atoms. The molecule has 0 atom stereocenters. The van der Waals surface area contributed by atoms with Gasteiger partial charge in [0, 0.05) is 0 Å². The molecule has 0 aliphatic heterocycles. The Balaban J connectivity index is 2.08. The van der Waals surface area contributed by atoms with Crippen LogP contribution in [0.5, 0.6) is 5.75 Å². The van der Waals surface area contributed by atoms with E-state index >= 15 is 0 Å². The molecule has 0 amide bonds. The number of hydrogen-bond acceptors (Lipinski definition) is 2. The fourth-order valence-corrected chi connectivity index (χ4v) is 2.59. The minimum Gasteiger partial charge on any atom is -0.493 e. The van der Waals surface area contributed by atoms with E-state index in [-0.39, 0.29) is 0 Å². The summed E-state index contributed by atoms with van der Waals surface area (Å²) >= 11 is 0. The molecule has 2 N–H and O–H groups in total. The third-order valence-corrected chi connectivity index (χ3v) is 3.83. The lowest BCUT2D eigenvalue weighted by Crippen LogP contribution is -2.20. The monoisotopic (exact) mass is 247 g/mol. The van der Waals surface area contributed by atoms with Gasteiger partial charge in [0.15, 0.2) is 0 Å². The van der Waals surface area contributed by atoms with Gasteiger partial charge in [-0.25, -0.2) is 0 Å². The first-order valence-electron chi connectivity index (χ1n) is 7.13. The quantitative estimate of drug-likeness (QED) is 0.836. The van der Waals surface area contributed by atoms with Gasteiger partial charge < -0.3 is 10.5 Å². The third kappa shape index (κ3) is 3.26. The van der Waals surface area contributed by atoms with Crippen LogP contribution in [0.2, 0.25) is 0 Å². The highest BCUT2D eigenvalue weighted by Crippen LogP contribution is 2.31. The topological polar surface area (TPSA) is 35.2 Å². The van der Waals surface area contributed by atoms with Gasteiger partial charge in [-0.15, -0.1) is 0 Å². The molecule has 1 saturated carbocycles. The molecule has 1 aliphatic carbocycles. The highest BCUT2D eigenvalue weighted by molar-refractivity contribution is 5.44. The van der Waals surface area contributed by atoms with Gasteiger partial charge in [-0.1, -0.05) is 24.1 Å². The van der Waals surface area contributed by atoms with Gasteiger partial charge in [-0.2, -0.15) is 0 Å². The summed E-state index contributed by atoms with van der Waals surface area (Å²) in [5.74, 6) is 1.90. The van der Waals surface area contributed by atoms with Crippen molar-refractivity contribution in [3.8, 4) is 5.75 Å². The zero-order valence-electron chi connectivity index (χ0n) is 11.7. The summed E-state index contributed by atoms with van der Waals surface area (Å²) in [5, 5.41) is 0. The van der Waals surface area contributed by atoms with Gasteiger partial charge in [0.25, 0.3) is 0 Å². The Kier molecular flexibility index (Phi) is 4.65. The van der Waals surface area contributed by atoms with E-state index in [9.17, 15) is 0 Å². The van der Waals surface area contributed by atoms with E-state index in [4.69, 9.17) is 10.5 Å². The summed E-state index contributed by atoms with van der Waals surface area (Å²) in [7, 11) is 0. The second-order valence-electron chi connectivity index (χ2n) is 5.57. The average Bonchev–Trinajstić information content (AvgIpc) is 2.26. The number of benzene rings is 1. The maximum absolute atomic E-state index is 6.08. The van der Waals surface area contributed by atoms with Crippen LogP contribution >= 0.6 is 0 Å². The van der Waals surface area contributed by atoms with E-state index in [1.165, 1.54) is 36.0 Å². The summed E-state index contributed by atoms with van der Waals surface area (Å²) < 4.78 is 6.08. The predicted octanol–water partition coefficient (Wildman–Crippen LogP) is 3.37. The van der Waals surface area contributed by atoms with E-state index in [1.54, 1.807) is 0 Å². The molecule has 0 saturated heterocycles. The van der Waals surface area contributed by atoms with Crippen molar-refractivity contribution >= 4 is 0 Å². The van der Waals surface area contributed by atoms with Crippen molar-refractivity contribution in [1.82, 2.24) is 0 Å². The molecule has 100 valence electrons.